The lowest BCUT2D eigenvalue weighted by Gasteiger charge is -2.52. The first-order chi connectivity index (χ1) is 9.31. The molecule has 0 rings (SSSR count). The minimum Gasteiger partial charge on any atom is -0.760 e. The molecule has 0 aromatic rings. The van der Waals surface area contributed by atoms with Crippen molar-refractivity contribution in [2.24, 2.45) is 0 Å². The van der Waals surface area contributed by atoms with E-state index in [2.05, 4.69) is 41.5 Å². The van der Waals surface area contributed by atoms with Crippen molar-refractivity contribution in [3.63, 3.8) is 0 Å². The van der Waals surface area contributed by atoms with Crippen LogP contribution in [-0.4, -0.2) is 24.1 Å². The Kier molecular flexibility index (Phi) is 9.19. The zero-order valence-corrected chi connectivity index (χ0v) is 15.1. The second kappa shape index (κ2) is 9.16. The molecule has 20 heavy (non-hydrogen) atoms. The van der Waals surface area contributed by atoms with E-state index in [1.807, 2.05) is 0 Å². The third-order valence-electron chi connectivity index (χ3n) is 4.79. The minimum atomic E-state index is -2.17. The highest BCUT2D eigenvalue weighted by Gasteiger charge is 2.41. The normalized spacial score (nSPS) is 19.6. The zero-order valence-electron chi connectivity index (χ0n) is 14.3. The quantitative estimate of drug-likeness (QED) is 0.515. The Hall–Kier alpha value is 0.0700. The highest BCUT2D eigenvalue weighted by atomic mass is 32.2. The summed E-state index contributed by atoms with van der Waals surface area (Å²) in [5, 5.41) is 0. The molecule has 0 aromatic heterocycles. The Bertz CT molecular complexity index is 276. The van der Waals surface area contributed by atoms with Gasteiger partial charge in [-0.2, -0.15) is 0 Å². The lowest BCUT2D eigenvalue weighted by Crippen LogP contribution is -2.58. The molecular weight excluding hydrogens is 270 g/mol. The van der Waals surface area contributed by atoms with Crippen LogP contribution in [0.2, 0.25) is 0 Å². The predicted molar refractivity (Wildman–Crippen MR) is 87.2 cm³/mol. The predicted octanol–water partition coefficient (Wildman–Crippen LogP) is 4.80. The molecule has 0 amide bonds. The first-order valence-corrected chi connectivity index (χ1v) is 9.24. The molecule has 3 unspecified atom stereocenters. The van der Waals surface area contributed by atoms with Crippen LogP contribution in [0.5, 0.6) is 0 Å². The molecule has 0 aliphatic rings. The van der Waals surface area contributed by atoms with E-state index in [4.69, 9.17) is 0 Å². The Morgan fingerprint density at radius 3 is 1.45 bits per heavy atom. The Morgan fingerprint density at radius 2 is 1.25 bits per heavy atom. The first-order valence-electron chi connectivity index (χ1n) is 8.21. The van der Waals surface area contributed by atoms with Gasteiger partial charge in [0, 0.05) is 22.3 Å². The molecule has 0 aliphatic heterocycles. The van der Waals surface area contributed by atoms with Crippen molar-refractivity contribution in [3.8, 4) is 0 Å². The summed E-state index contributed by atoms with van der Waals surface area (Å²) in [4.78, 5) is 0. The molecule has 0 fully saturated rings. The highest BCUT2D eigenvalue weighted by Crippen LogP contribution is 2.38. The summed E-state index contributed by atoms with van der Waals surface area (Å²) in [6.45, 7) is 12.7. The van der Waals surface area contributed by atoms with Gasteiger partial charge in [0.05, 0.1) is 0 Å². The summed E-state index contributed by atoms with van der Waals surface area (Å²) in [6, 6.07) is 0. The second-order valence-corrected chi connectivity index (χ2v) is 7.22. The minimum absolute atomic E-state index is 0.263. The van der Waals surface area contributed by atoms with Gasteiger partial charge in [-0.05, 0) is 39.5 Å². The van der Waals surface area contributed by atoms with E-state index in [1.165, 1.54) is 0 Å². The van der Waals surface area contributed by atoms with Crippen molar-refractivity contribution < 1.29 is 8.76 Å². The Labute approximate surface area is 128 Å². The van der Waals surface area contributed by atoms with Crippen LogP contribution in [0.15, 0.2) is 0 Å². The molecule has 0 saturated heterocycles. The van der Waals surface area contributed by atoms with E-state index in [0.29, 0.717) is 0 Å². The molecule has 3 atom stereocenters. The smallest absolute Gasteiger partial charge is 0.0301 e. The highest BCUT2D eigenvalue weighted by molar-refractivity contribution is 7.76. The van der Waals surface area contributed by atoms with E-state index in [9.17, 15) is 8.76 Å². The van der Waals surface area contributed by atoms with E-state index in [1.54, 1.807) is 4.31 Å². The molecule has 0 spiro atoms. The summed E-state index contributed by atoms with van der Waals surface area (Å²) < 4.78 is 25.7. The van der Waals surface area contributed by atoms with E-state index in [0.717, 1.165) is 51.4 Å². The number of rotatable bonds is 11. The summed E-state index contributed by atoms with van der Waals surface area (Å²) in [5.74, 6) is 0. The maximum atomic E-state index is 12.0. The lowest BCUT2D eigenvalue weighted by atomic mass is 9.84. The fraction of sp³-hybridized carbons (Fsp3) is 1.00. The Morgan fingerprint density at radius 1 is 0.900 bits per heavy atom. The first kappa shape index (κ1) is 20.1. The summed E-state index contributed by atoms with van der Waals surface area (Å²) in [6.07, 6.45) is 7.97. The average Bonchev–Trinajstić information content (AvgIpc) is 2.42. The molecule has 0 N–H and O–H groups in total. The molecule has 3 nitrogen and oxygen atoms in total. The molecule has 0 saturated carbocycles. The maximum absolute atomic E-state index is 12.0. The number of unbranched alkanes of at least 4 members (excludes halogenated alkanes) is 2. The summed E-state index contributed by atoms with van der Waals surface area (Å²) in [7, 11) is 0. The van der Waals surface area contributed by atoms with Crippen molar-refractivity contribution in [3.05, 3.63) is 0 Å². The van der Waals surface area contributed by atoms with Crippen LogP contribution in [0.25, 0.3) is 0 Å². The molecule has 0 aromatic carbocycles. The van der Waals surface area contributed by atoms with Crippen LogP contribution in [0.1, 0.15) is 92.9 Å². The lowest BCUT2D eigenvalue weighted by molar-refractivity contribution is 0.0588. The number of hydrogen-bond acceptors (Lipinski definition) is 2. The van der Waals surface area contributed by atoms with Crippen molar-refractivity contribution in [1.29, 1.82) is 0 Å². The van der Waals surface area contributed by atoms with Gasteiger partial charge in [0.1, 0.15) is 0 Å². The van der Waals surface area contributed by atoms with Gasteiger partial charge in [0.25, 0.3) is 0 Å². The van der Waals surface area contributed by atoms with Crippen molar-refractivity contribution >= 4 is 11.3 Å². The molecule has 0 bridgehead atoms. The SMILES string of the molecule is CCCCC(C)(CC)N(S(=O)[O-])C(C)(CC)CCCC. The standard InChI is InChI=1S/C16H35NO2S/c1-7-11-13-15(5,9-3)17(20(18)19)16(6,10-4)14-12-8-2/h7-14H2,1-6H3,(H,18,19)/p-1. The monoisotopic (exact) mass is 304 g/mol. The topological polar surface area (TPSA) is 43.4 Å². The molecule has 122 valence electrons. The largest absolute Gasteiger partial charge is 0.760 e. The van der Waals surface area contributed by atoms with Gasteiger partial charge in [0.15, 0.2) is 0 Å². The fourth-order valence-corrected chi connectivity index (χ4v) is 4.13. The molecule has 4 heteroatoms. The summed E-state index contributed by atoms with van der Waals surface area (Å²) in [5.41, 5.74) is -0.526. The molecule has 0 radical (unpaired) electrons. The van der Waals surface area contributed by atoms with Gasteiger partial charge < -0.3 is 4.55 Å². The molecular formula is C16H34NO2S-. The molecule has 0 heterocycles. The van der Waals surface area contributed by atoms with E-state index in [-0.39, 0.29) is 11.1 Å². The second-order valence-electron chi connectivity index (χ2n) is 6.42. The average molecular weight is 305 g/mol. The summed E-state index contributed by atoms with van der Waals surface area (Å²) >= 11 is -2.17. The third-order valence-corrected chi connectivity index (χ3v) is 5.97. The van der Waals surface area contributed by atoms with Crippen LogP contribution < -0.4 is 0 Å². The van der Waals surface area contributed by atoms with Crippen LogP contribution in [0.4, 0.5) is 0 Å². The zero-order chi connectivity index (χ0) is 15.8. The van der Waals surface area contributed by atoms with Gasteiger partial charge in [-0.3, -0.25) is 4.21 Å². The van der Waals surface area contributed by atoms with E-state index < -0.39 is 11.3 Å². The number of hydrogen-bond donors (Lipinski definition) is 0. The van der Waals surface area contributed by atoms with Gasteiger partial charge >= 0.3 is 0 Å². The van der Waals surface area contributed by atoms with Gasteiger partial charge in [-0.25, -0.2) is 4.31 Å². The van der Waals surface area contributed by atoms with Crippen LogP contribution >= 0.6 is 0 Å². The third kappa shape index (κ3) is 5.12. The van der Waals surface area contributed by atoms with Crippen molar-refractivity contribution in [1.82, 2.24) is 4.31 Å². The van der Waals surface area contributed by atoms with Gasteiger partial charge in [-0.15, -0.1) is 0 Å². The van der Waals surface area contributed by atoms with Crippen LogP contribution in [0.3, 0.4) is 0 Å². The van der Waals surface area contributed by atoms with Crippen LogP contribution in [-0.2, 0) is 11.3 Å². The maximum Gasteiger partial charge on any atom is 0.0301 e. The van der Waals surface area contributed by atoms with Crippen molar-refractivity contribution in [2.75, 3.05) is 0 Å². The van der Waals surface area contributed by atoms with E-state index >= 15 is 0 Å². The fourth-order valence-electron chi connectivity index (χ4n) is 2.97. The van der Waals surface area contributed by atoms with Gasteiger partial charge in [-0.1, -0.05) is 53.4 Å². The van der Waals surface area contributed by atoms with Crippen molar-refractivity contribution in [2.45, 2.75) is 104 Å². The van der Waals surface area contributed by atoms with Crippen LogP contribution in [0, 0.1) is 0 Å². The van der Waals surface area contributed by atoms with Gasteiger partial charge in [0.2, 0.25) is 0 Å². The molecule has 0 aliphatic carbocycles. The Balaban J connectivity index is 5.40. The number of nitrogens with zero attached hydrogens (tertiary/aromatic N) is 1.